The van der Waals surface area contributed by atoms with E-state index in [4.69, 9.17) is 32.7 Å². The van der Waals surface area contributed by atoms with Crippen molar-refractivity contribution in [2.45, 2.75) is 18.2 Å². The van der Waals surface area contributed by atoms with Crippen LogP contribution in [0.3, 0.4) is 0 Å². The number of sulfonamides is 1. The third-order valence-electron chi connectivity index (χ3n) is 3.59. The van der Waals surface area contributed by atoms with Gasteiger partial charge >= 0.3 is 5.97 Å². The van der Waals surface area contributed by atoms with Gasteiger partial charge in [-0.2, -0.15) is 0 Å². The average Bonchev–Trinajstić information content (AvgIpc) is 2.61. The zero-order valence-electron chi connectivity index (χ0n) is 14.8. The first-order valence-electron chi connectivity index (χ1n) is 8.06. The summed E-state index contributed by atoms with van der Waals surface area (Å²) in [7, 11) is -2.56. The second kappa shape index (κ2) is 9.30. The van der Waals surface area contributed by atoms with E-state index < -0.39 is 16.0 Å². The van der Waals surface area contributed by atoms with Crippen LogP contribution in [0.15, 0.2) is 47.4 Å². The van der Waals surface area contributed by atoms with Gasteiger partial charge in [-0.3, -0.25) is 9.10 Å². The summed E-state index contributed by atoms with van der Waals surface area (Å²) in [6.07, 6.45) is -0.124. The van der Waals surface area contributed by atoms with Crippen LogP contribution in [0.5, 0.6) is 5.75 Å². The molecule has 6 nitrogen and oxygen atoms in total. The van der Waals surface area contributed by atoms with Crippen molar-refractivity contribution in [1.29, 1.82) is 0 Å². The van der Waals surface area contributed by atoms with Crippen molar-refractivity contribution in [1.82, 2.24) is 0 Å². The molecule has 9 heteroatoms. The minimum absolute atomic E-state index is 0.0156. The number of nitrogens with zero attached hydrogens (tertiary/aromatic N) is 1. The number of rotatable bonds is 8. The van der Waals surface area contributed by atoms with Crippen LogP contribution in [0.4, 0.5) is 5.69 Å². The largest absolute Gasteiger partial charge is 0.497 e. The van der Waals surface area contributed by atoms with Gasteiger partial charge in [0.1, 0.15) is 5.75 Å². The number of methoxy groups -OCH3 is 1. The molecule has 146 valence electrons. The van der Waals surface area contributed by atoms with Crippen molar-refractivity contribution in [3.63, 3.8) is 0 Å². The molecular weight excluding hydrogens is 413 g/mol. The highest BCUT2D eigenvalue weighted by atomic mass is 35.5. The molecule has 0 fully saturated rings. The van der Waals surface area contributed by atoms with Gasteiger partial charge in [-0.25, -0.2) is 8.42 Å². The summed E-state index contributed by atoms with van der Waals surface area (Å²) in [5, 5.41) is 0.555. The maximum absolute atomic E-state index is 13.2. The van der Waals surface area contributed by atoms with Crippen molar-refractivity contribution >= 4 is 44.9 Å². The molecule has 0 saturated carbocycles. The SMILES string of the molecule is CCOC(=O)CCN(c1cc(Cl)cc(Cl)c1)S(=O)(=O)c1cccc(OC)c1. The molecule has 0 heterocycles. The van der Waals surface area contributed by atoms with Gasteiger partial charge in [0, 0.05) is 22.7 Å². The second-order valence-corrected chi connectivity index (χ2v) is 8.17. The number of esters is 1. The summed E-state index contributed by atoms with van der Waals surface area (Å²) in [5.41, 5.74) is 0.250. The number of hydrogen-bond donors (Lipinski definition) is 0. The first kappa shape index (κ1) is 21.3. The predicted molar refractivity (Wildman–Crippen MR) is 105 cm³/mol. The van der Waals surface area contributed by atoms with E-state index in [1.807, 2.05) is 0 Å². The lowest BCUT2D eigenvalue weighted by atomic mass is 10.3. The Morgan fingerprint density at radius 1 is 1.11 bits per heavy atom. The van der Waals surface area contributed by atoms with Crippen LogP contribution in [-0.4, -0.2) is 34.6 Å². The monoisotopic (exact) mass is 431 g/mol. The standard InChI is InChI=1S/C18H19Cl2NO5S/c1-3-26-18(22)7-8-21(15-10-13(19)9-14(20)11-15)27(23,24)17-6-4-5-16(12-17)25-2/h4-6,9-12H,3,7-8H2,1-2H3. The third kappa shape index (κ3) is 5.51. The number of carbonyl (C=O) groups excluding carboxylic acids is 1. The Labute approximate surface area is 168 Å². The minimum atomic E-state index is -4.00. The number of carbonyl (C=O) groups is 1. The van der Waals surface area contributed by atoms with Crippen LogP contribution in [0.1, 0.15) is 13.3 Å². The Morgan fingerprint density at radius 2 is 1.78 bits per heavy atom. The van der Waals surface area contributed by atoms with Gasteiger partial charge in [0.15, 0.2) is 0 Å². The number of anilines is 1. The zero-order chi connectivity index (χ0) is 20.0. The van der Waals surface area contributed by atoms with Gasteiger partial charge in [0.25, 0.3) is 10.0 Å². The highest BCUT2D eigenvalue weighted by molar-refractivity contribution is 7.92. The highest BCUT2D eigenvalue weighted by Crippen LogP contribution is 2.30. The molecule has 0 bridgehead atoms. The number of ether oxygens (including phenoxy) is 2. The van der Waals surface area contributed by atoms with Crippen molar-refractivity contribution in [3.05, 3.63) is 52.5 Å². The van der Waals surface area contributed by atoms with Gasteiger partial charge in [0.2, 0.25) is 0 Å². The first-order valence-corrected chi connectivity index (χ1v) is 10.3. The van der Waals surface area contributed by atoms with E-state index in [0.29, 0.717) is 5.75 Å². The van der Waals surface area contributed by atoms with Crippen LogP contribution >= 0.6 is 23.2 Å². The van der Waals surface area contributed by atoms with Crippen molar-refractivity contribution in [3.8, 4) is 5.75 Å². The summed E-state index contributed by atoms with van der Waals surface area (Å²) < 4.78 is 37.5. The molecule has 0 spiro atoms. The van der Waals surface area contributed by atoms with Crippen LogP contribution in [0.25, 0.3) is 0 Å². The van der Waals surface area contributed by atoms with Gasteiger partial charge in [0.05, 0.1) is 30.7 Å². The Morgan fingerprint density at radius 3 is 2.37 bits per heavy atom. The summed E-state index contributed by atoms with van der Waals surface area (Å²) in [6.45, 7) is 1.76. The number of hydrogen-bond acceptors (Lipinski definition) is 5. The van der Waals surface area contributed by atoms with E-state index in [2.05, 4.69) is 0 Å². The van der Waals surface area contributed by atoms with Gasteiger partial charge in [-0.15, -0.1) is 0 Å². The quantitative estimate of drug-likeness (QED) is 0.586. The topological polar surface area (TPSA) is 72.9 Å². The van der Waals surface area contributed by atoms with E-state index in [1.165, 1.54) is 37.4 Å². The van der Waals surface area contributed by atoms with Gasteiger partial charge < -0.3 is 9.47 Å². The molecule has 0 N–H and O–H groups in total. The van der Waals surface area contributed by atoms with Crippen LogP contribution in [0.2, 0.25) is 10.0 Å². The molecule has 0 saturated heterocycles. The summed E-state index contributed by atoms with van der Waals surface area (Å²) >= 11 is 12.1. The molecular formula is C18H19Cl2NO5S. The van der Waals surface area contributed by atoms with Crippen molar-refractivity contribution in [2.75, 3.05) is 24.6 Å². The van der Waals surface area contributed by atoms with E-state index in [0.717, 1.165) is 4.31 Å². The van der Waals surface area contributed by atoms with Crippen LogP contribution in [0, 0.1) is 0 Å². The maximum Gasteiger partial charge on any atom is 0.307 e. The Bertz CT molecular complexity index is 897. The van der Waals surface area contributed by atoms with E-state index >= 15 is 0 Å². The lowest BCUT2D eigenvalue weighted by molar-refractivity contribution is -0.142. The molecule has 0 aliphatic carbocycles. The fourth-order valence-corrected chi connectivity index (χ4v) is 4.39. The molecule has 0 unspecified atom stereocenters. The molecule has 0 atom stereocenters. The maximum atomic E-state index is 13.2. The lowest BCUT2D eigenvalue weighted by Crippen LogP contribution is -2.33. The third-order valence-corrected chi connectivity index (χ3v) is 5.85. The molecule has 2 aromatic carbocycles. The normalized spacial score (nSPS) is 11.1. The second-order valence-electron chi connectivity index (χ2n) is 5.44. The summed E-state index contributed by atoms with van der Waals surface area (Å²) in [4.78, 5) is 11.8. The highest BCUT2D eigenvalue weighted by Gasteiger charge is 2.27. The predicted octanol–water partition coefficient (Wildman–Crippen LogP) is 4.15. The Balaban J connectivity index is 2.47. The lowest BCUT2D eigenvalue weighted by Gasteiger charge is -2.25. The van der Waals surface area contributed by atoms with E-state index in [-0.39, 0.29) is 40.2 Å². The fourth-order valence-electron chi connectivity index (χ4n) is 2.39. The van der Waals surface area contributed by atoms with Gasteiger partial charge in [-0.1, -0.05) is 29.3 Å². The average molecular weight is 432 g/mol. The van der Waals surface area contributed by atoms with E-state index in [1.54, 1.807) is 19.1 Å². The zero-order valence-corrected chi connectivity index (χ0v) is 17.1. The molecule has 2 aromatic rings. The molecule has 0 aromatic heterocycles. The minimum Gasteiger partial charge on any atom is -0.497 e. The van der Waals surface area contributed by atoms with Crippen molar-refractivity contribution in [2.24, 2.45) is 0 Å². The smallest absolute Gasteiger partial charge is 0.307 e. The van der Waals surface area contributed by atoms with Crippen molar-refractivity contribution < 1.29 is 22.7 Å². The molecule has 27 heavy (non-hydrogen) atoms. The van der Waals surface area contributed by atoms with E-state index in [9.17, 15) is 13.2 Å². The molecule has 0 amide bonds. The Hall–Kier alpha value is -1.96. The molecule has 0 aliphatic rings. The number of benzene rings is 2. The molecule has 2 rings (SSSR count). The Kier molecular flexibility index (Phi) is 7.35. The summed E-state index contributed by atoms with van der Waals surface area (Å²) in [5.74, 6) is -0.109. The summed E-state index contributed by atoms with van der Waals surface area (Å²) in [6, 6.07) is 10.5. The number of halogens is 2. The molecule has 0 radical (unpaired) electrons. The molecule has 0 aliphatic heterocycles. The van der Waals surface area contributed by atoms with Crippen LogP contribution in [-0.2, 0) is 19.6 Å². The van der Waals surface area contributed by atoms with Crippen LogP contribution < -0.4 is 9.04 Å². The first-order chi connectivity index (χ1) is 12.8. The fraction of sp³-hybridized carbons (Fsp3) is 0.278. The van der Waals surface area contributed by atoms with Gasteiger partial charge in [-0.05, 0) is 37.3 Å².